The third-order valence-corrected chi connectivity index (χ3v) is 5.93. The molecule has 1 aliphatic heterocycles. The van der Waals surface area contributed by atoms with Crippen LogP contribution in [0.3, 0.4) is 0 Å². The minimum Gasteiger partial charge on any atom is -0.396 e. The first-order chi connectivity index (χ1) is 13.3. The fourth-order valence-electron chi connectivity index (χ4n) is 3.83. The van der Waals surface area contributed by atoms with E-state index < -0.39 is 0 Å². The second kappa shape index (κ2) is 8.80. The molecule has 142 valence electrons. The first-order valence-corrected chi connectivity index (χ1v) is 10.4. The molecule has 4 rings (SSSR count). The molecular formula is C21H26N4OS. The molecule has 3 heterocycles. The molecule has 1 atom stereocenters. The molecule has 1 saturated heterocycles. The molecule has 1 N–H and O–H groups in total. The predicted molar refractivity (Wildman–Crippen MR) is 109 cm³/mol. The number of benzene rings is 1. The van der Waals surface area contributed by atoms with Gasteiger partial charge in [-0.2, -0.15) is 16.4 Å². The summed E-state index contributed by atoms with van der Waals surface area (Å²) in [6.07, 6.45) is 4.60. The topological polar surface area (TPSA) is 44.5 Å². The highest BCUT2D eigenvalue weighted by Gasteiger charge is 2.26. The quantitative estimate of drug-likeness (QED) is 0.682. The van der Waals surface area contributed by atoms with Crippen LogP contribution in [0, 0.1) is 0 Å². The highest BCUT2D eigenvalue weighted by molar-refractivity contribution is 7.07. The molecular weight excluding hydrogens is 356 g/mol. The van der Waals surface area contributed by atoms with E-state index in [2.05, 4.69) is 56.0 Å². The molecule has 0 radical (unpaired) electrons. The number of thiophene rings is 1. The van der Waals surface area contributed by atoms with Crippen LogP contribution in [0.1, 0.15) is 17.5 Å². The van der Waals surface area contributed by atoms with Crippen LogP contribution < -0.4 is 0 Å². The van der Waals surface area contributed by atoms with Gasteiger partial charge < -0.3 is 5.11 Å². The second-order valence-electron chi connectivity index (χ2n) is 7.12. The van der Waals surface area contributed by atoms with Crippen LogP contribution in [-0.2, 0) is 13.1 Å². The molecule has 3 aromatic rings. The highest BCUT2D eigenvalue weighted by Crippen LogP contribution is 2.20. The van der Waals surface area contributed by atoms with E-state index in [1.54, 1.807) is 17.5 Å². The lowest BCUT2D eigenvalue weighted by Gasteiger charge is -2.41. The van der Waals surface area contributed by atoms with E-state index in [-0.39, 0.29) is 6.61 Å². The average molecular weight is 383 g/mol. The molecule has 1 fully saturated rings. The van der Waals surface area contributed by atoms with Crippen LogP contribution in [0.2, 0.25) is 0 Å². The fraction of sp³-hybridized carbons (Fsp3) is 0.381. The maximum Gasteiger partial charge on any atom is 0.0648 e. The van der Waals surface area contributed by atoms with Gasteiger partial charge in [-0.1, -0.05) is 12.1 Å². The van der Waals surface area contributed by atoms with Gasteiger partial charge >= 0.3 is 0 Å². The SMILES string of the molecule is OCC[C@H]1CN(Cc2cccc(-n3cccn3)c2)CCN1Cc1ccsc1. The Labute approximate surface area is 164 Å². The molecule has 0 aliphatic carbocycles. The lowest BCUT2D eigenvalue weighted by molar-refractivity contribution is 0.0500. The predicted octanol–water partition coefficient (Wildman–Crippen LogP) is 3.00. The van der Waals surface area contributed by atoms with Crippen LogP contribution >= 0.6 is 11.3 Å². The highest BCUT2D eigenvalue weighted by atomic mass is 32.1. The molecule has 2 aromatic heterocycles. The van der Waals surface area contributed by atoms with Gasteiger partial charge in [0.15, 0.2) is 0 Å². The Morgan fingerprint density at radius 3 is 2.85 bits per heavy atom. The molecule has 0 saturated carbocycles. The third kappa shape index (κ3) is 4.65. The zero-order chi connectivity index (χ0) is 18.5. The van der Waals surface area contributed by atoms with Gasteiger partial charge in [-0.25, -0.2) is 4.68 Å². The smallest absolute Gasteiger partial charge is 0.0648 e. The molecule has 27 heavy (non-hydrogen) atoms. The fourth-order valence-corrected chi connectivity index (χ4v) is 4.49. The van der Waals surface area contributed by atoms with Crippen molar-refractivity contribution >= 4 is 11.3 Å². The Kier molecular flexibility index (Phi) is 5.99. The zero-order valence-corrected chi connectivity index (χ0v) is 16.3. The van der Waals surface area contributed by atoms with Crippen molar-refractivity contribution in [1.82, 2.24) is 19.6 Å². The van der Waals surface area contributed by atoms with Crippen molar-refractivity contribution in [3.8, 4) is 5.69 Å². The van der Waals surface area contributed by atoms with Crippen molar-refractivity contribution in [3.63, 3.8) is 0 Å². The lowest BCUT2D eigenvalue weighted by atomic mass is 10.1. The second-order valence-corrected chi connectivity index (χ2v) is 7.90. The van der Waals surface area contributed by atoms with Crippen molar-refractivity contribution in [2.45, 2.75) is 25.6 Å². The molecule has 1 aliphatic rings. The summed E-state index contributed by atoms with van der Waals surface area (Å²) >= 11 is 1.75. The van der Waals surface area contributed by atoms with Crippen LogP contribution in [0.25, 0.3) is 5.69 Å². The Balaban J connectivity index is 1.41. The number of aliphatic hydroxyl groups is 1. The number of rotatable bonds is 7. The maximum absolute atomic E-state index is 9.53. The van der Waals surface area contributed by atoms with Crippen molar-refractivity contribution < 1.29 is 5.11 Å². The summed E-state index contributed by atoms with van der Waals surface area (Å²) in [7, 11) is 0. The Bertz CT molecular complexity index is 819. The first kappa shape index (κ1) is 18.4. The van der Waals surface area contributed by atoms with Gasteiger partial charge in [0.25, 0.3) is 0 Å². The van der Waals surface area contributed by atoms with Crippen molar-refractivity contribution in [2.75, 3.05) is 26.2 Å². The number of piperazine rings is 1. The van der Waals surface area contributed by atoms with Gasteiger partial charge in [0.2, 0.25) is 0 Å². The summed E-state index contributed by atoms with van der Waals surface area (Å²) < 4.78 is 1.90. The summed E-state index contributed by atoms with van der Waals surface area (Å²) in [4.78, 5) is 5.03. The molecule has 0 bridgehead atoms. The van der Waals surface area contributed by atoms with Gasteiger partial charge in [-0.3, -0.25) is 9.80 Å². The largest absolute Gasteiger partial charge is 0.396 e. The summed E-state index contributed by atoms with van der Waals surface area (Å²) in [6, 6.07) is 13.1. The van der Waals surface area contributed by atoms with Crippen LogP contribution in [0.4, 0.5) is 0 Å². The number of nitrogens with zero attached hydrogens (tertiary/aromatic N) is 4. The minimum absolute atomic E-state index is 0.243. The molecule has 1 aromatic carbocycles. The monoisotopic (exact) mass is 382 g/mol. The summed E-state index contributed by atoms with van der Waals surface area (Å²) in [6.45, 7) is 5.25. The van der Waals surface area contributed by atoms with E-state index in [1.807, 2.05) is 16.9 Å². The third-order valence-electron chi connectivity index (χ3n) is 5.20. The Morgan fingerprint density at radius 1 is 1.11 bits per heavy atom. The maximum atomic E-state index is 9.53. The molecule has 0 unspecified atom stereocenters. The van der Waals surface area contributed by atoms with Gasteiger partial charge in [0.05, 0.1) is 5.69 Å². The van der Waals surface area contributed by atoms with Crippen LogP contribution in [0.15, 0.2) is 59.6 Å². The number of aliphatic hydroxyl groups excluding tert-OH is 1. The van der Waals surface area contributed by atoms with E-state index in [4.69, 9.17) is 0 Å². The zero-order valence-electron chi connectivity index (χ0n) is 15.4. The van der Waals surface area contributed by atoms with E-state index in [0.29, 0.717) is 6.04 Å². The lowest BCUT2D eigenvalue weighted by Crippen LogP contribution is -2.52. The minimum atomic E-state index is 0.243. The van der Waals surface area contributed by atoms with Crippen molar-refractivity contribution in [1.29, 1.82) is 0 Å². The molecule has 6 heteroatoms. The number of aromatic nitrogens is 2. The number of hydrogen-bond acceptors (Lipinski definition) is 5. The summed E-state index contributed by atoms with van der Waals surface area (Å²) in [5.74, 6) is 0. The van der Waals surface area contributed by atoms with Gasteiger partial charge in [-0.15, -0.1) is 0 Å². The van der Waals surface area contributed by atoms with E-state index in [0.717, 1.165) is 44.8 Å². The standard InChI is InChI=1S/C21H26N4OS/c26-11-5-21-16-23(9-10-24(21)15-19-6-12-27-17-19)14-18-3-1-4-20(13-18)25-8-2-7-22-25/h1-4,6-8,12-13,17,21,26H,5,9-11,14-16H2/t21-/m0/s1. The van der Waals surface area contributed by atoms with Gasteiger partial charge in [-0.05, 0) is 52.6 Å². The average Bonchev–Trinajstić information content (AvgIpc) is 3.38. The molecule has 0 spiro atoms. The van der Waals surface area contributed by atoms with Crippen LogP contribution in [0.5, 0.6) is 0 Å². The van der Waals surface area contributed by atoms with E-state index in [1.165, 1.54) is 11.1 Å². The molecule has 5 nitrogen and oxygen atoms in total. The Morgan fingerprint density at radius 2 is 2.07 bits per heavy atom. The van der Waals surface area contributed by atoms with Crippen molar-refractivity contribution in [3.05, 3.63) is 70.7 Å². The molecule has 0 amide bonds. The summed E-state index contributed by atoms with van der Waals surface area (Å²) in [5, 5.41) is 18.2. The van der Waals surface area contributed by atoms with E-state index >= 15 is 0 Å². The first-order valence-electron chi connectivity index (χ1n) is 9.49. The van der Waals surface area contributed by atoms with Gasteiger partial charge in [0.1, 0.15) is 0 Å². The van der Waals surface area contributed by atoms with Gasteiger partial charge in [0, 0.05) is 57.8 Å². The number of hydrogen-bond donors (Lipinski definition) is 1. The Hall–Kier alpha value is -1.99. The van der Waals surface area contributed by atoms with Crippen molar-refractivity contribution in [2.24, 2.45) is 0 Å². The normalized spacial score (nSPS) is 18.8. The van der Waals surface area contributed by atoms with E-state index in [9.17, 15) is 5.11 Å². The summed E-state index contributed by atoms with van der Waals surface area (Å²) in [5.41, 5.74) is 3.78. The van der Waals surface area contributed by atoms with Crippen LogP contribution in [-0.4, -0.2) is 57.0 Å².